The van der Waals surface area contributed by atoms with Gasteiger partial charge in [-0.05, 0) is 26.0 Å². The lowest BCUT2D eigenvalue weighted by Crippen LogP contribution is -2.51. The maximum Gasteiger partial charge on any atom is 0.113 e. The van der Waals surface area contributed by atoms with Gasteiger partial charge in [-0.3, -0.25) is 4.90 Å². The third-order valence-electron chi connectivity index (χ3n) is 3.76. The number of rotatable bonds is 3. The van der Waals surface area contributed by atoms with Gasteiger partial charge in [0.15, 0.2) is 0 Å². The molecule has 0 unspecified atom stereocenters. The molecule has 108 valence electrons. The molecule has 2 aromatic heterocycles. The van der Waals surface area contributed by atoms with E-state index in [2.05, 4.69) is 29.4 Å². The van der Waals surface area contributed by atoms with E-state index in [-0.39, 0.29) is 5.54 Å². The lowest BCUT2D eigenvalue weighted by molar-refractivity contribution is 0.102. The van der Waals surface area contributed by atoms with Crippen LogP contribution in [0.2, 0.25) is 4.34 Å². The van der Waals surface area contributed by atoms with E-state index in [1.54, 1.807) is 22.7 Å². The second kappa shape index (κ2) is 5.73. The molecule has 0 radical (unpaired) electrons. The molecular formula is C14H18ClN3S2. The van der Waals surface area contributed by atoms with Crippen molar-refractivity contribution in [2.75, 3.05) is 26.2 Å². The Morgan fingerprint density at radius 2 is 2.05 bits per heavy atom. The van der Waals surface area contributed by atoms with Crippen LogP contribution in [0.15, 0.2) is 17.5 Å². The molecule has 3 rings (SSSR count). The van der Waals surface area contributed by atoms with Crippen molar-refractivity contribution in [3.63, 3.8) is 0 Å². The Labute approximate surface area is 132 Å². The number of thiazole rings is 1. The van der Waals surface area contributed by atoms with Gasteiger partial charge in [0, 0.05) is 31.6 Å². The van der Waals surface area contributed by atoms with Gasteiger partial charge in [-0.15, -0.1) is 22.7 Å². The highest BCUT2D eigenvalue weighted by molar-refractivity contribution is 7.19. The summed E-state index contributed by atoms with van der Waals surface area (Å²) < 4.78 is 0.816. The van der Waals surface area contributed by atoms with Crippen molar-refractivity contribution in [2.45, 2.75) is 19.4 Å². The Balaban J connectivity index is 1.85. The number of thiophene rings is 1. The van der Waals surface area contributed by atoms with Crippen molar-refractivity contribution in [1.29, 1.82) is 0 Å². The summed E-state index contributed by atoms with van der Waals surface area (Å²) in [4.78, 5) is 8.50. The Kier molecular flexibility index (Phi) is 4.15. The molecule has 1 aliphatic rings. The largest absolute Gasteiger partial charge is 0.314 e. The van der Waals surface area contributed by atoms with Crippen LogP contribution >= 0.6 is 34.3 Å². The highest BCUT2D eigenvalue weighted by atomic mass is 35.5. The summed E-state index contributed by atoms with van der Waals surface area (Å²) in [6, 6.07) is 3.98. The van der Waals surface area contributed by atoms with Crippen LogP contribution in [0.1, 0.15) is 18.9 Å². The van der Waals surface area contributed by atoms with Gasteiger partial charge in [-0.25, -0.2) is 4.98 Å². The fourth-order valence-electron chi connectivity index (χ4n) is 2.48. The minimum Gasteiger partial charge on any atom is -0.314 e. The molecule has 0 bridgehead atoms. The highest BCUT2D eigenvalue weighted by Gasteiger charge is 2.32. The van der Waals surface area contributed by atoms with Gasteiger partial charge < -0.3 is 5.32 Å². The van der Waals surface area contributed by atoms with Crippen molar-refractivity contribution in [1.82, 2.24) is 15.2 Å². The lowest BCUT2D eigenvalue weighted by Gasteiger charge is -2.39. The van der Waals surface area contributed by atoms with E-state index in [1.807, 2.05) is 12.1 Å². The molecule has 0 spiro atoms. The van der Waals surface area contributed by atoms with Crippen molar-refractivity contribution in [3.05, 3.63) is 26.9 Å². The molecule has 0 aromatic carbocycles. The number of hydrogen-bond acceptors (Lipinski definition) is 5. The Hall–Kier alpha value is -0.460. The fraction of sp³-hybridized carbons (Fsp3) is 0.500. The summed E-state index contributed by atoms with van der Waals surface area (Å²) in [5.41, 5.74) is 1.04. The molecule has 0 aliphatic carbocycles. The molecule has 6 heteroatoms. The van der Waals surface area contributed by atoms with Gasteiger partial charge >= 0.3 is 0 Å². The number of piperazine rings is 1. The maximum atomic E-state index is 6.01. The van der Waals surface area contributed by atoms with Crippen LogP contribution in [0.4, 0.5) is 0 Å². The SMILES string of the molecule is CC(C)(c1nc(-c2ccc(Cl)s2)cs1)N1CCNCC1. The Morgan fingerprint density at radius 1 is 1.30 bits per heavy atom. The normalized spacial score (nSPS) is 17.6. The Bertz CT molecular complexity index is 585. The summed E-state index contributed by atoms with van der Waals surface area (Å²) in [6.07, 6.45) is 0. The topological polar surface area (TPSA) is 28.2 Å². The zero-order valence-electron chi connectivity index (χ0n) is 11.6. The van der Waals surface area contributed by atoms with Crippen molar-refractivity contribution < 1.29 is 0 Å². The zero-order chi connectivity index (χ0) is 14.2. The first-order valence-electron chi connectivity index (χ1n) is 6.75. The molecule has 0 saturated carbocycles. The number of hydrogen-bond donors (Lipinski definition) is 1. The number of nitrogens with one attached hydrogen (secondary N) is 1. The third kappa shape index (κ3) is 2.78. The van der Waals surface area contributed by atoms with Gasteiger partial charge in [0.25, 0.3) is 0 Å². The average Bonchev–Trinajstić information content (AvgIpc) is 3.08. The van der Waals surface area contributed by atoms with E-state index in [0.717, 1.165) is 41.1 Å². The molecule has 1 N–H and O–H groups in total. The maximum absolute atomic E-state index is 6.01. The third-order valence-corrected chi connectivity index (χ3v) is 6.17. The molecule has 0 atom stereocenters. The first-order chi connectivity index (χ1) is 9.57. The van der Waals surface area contributed by atoms with Crippen LogP contribution in [-0.4, -0.2) is 36.1 Å². The number of nitrogens with zero attached hydrogens (tertiary/aromatic N) is 2. The van der Waals surface area contributed by atoms with Gasteiger partial charge in [0.2, 0.25) is 0 Å². The standard InChI is InChI=1S/C14H18ClN3S2/c1-14(2,18-7-5-16-6-8-18)13-17-10(9-19-13)11-3-4-12(15)20-11/h3-4,9,16H,5-8H2,1-2H3. The molecule has 1 saturated heterocycles. The summed E-state index contributed by atoms with van der Waals surface area (Å²) in [5, 5.41) is 6.72. The van der Waals surface area contributed by atoms with Crippen LogP contribution < -0.4 is 5.32 Å². The van der Waals surface area contributed by atoms with Gasteiger partial charge in [0.05, 0.1) is 20.4 Å². The van der Waals surface area contributed by atoms with Gasteiger partial charge in [-0.1, -0.05) is 11.6 Å². The van der Waals surface area contributed by atoms with Crippen molar-refractivity contribution >= 4 is 34.3 Å². The summed E-state index contributed by atoms with van der Waals surface area (Å²) in [5.74, 6) is 0. The molecule has 1 aliphatic heterocycles. The summed E-state index contributed by atoms with van der Waals surface area (Å²) in [7, 11) is 0. The second-order valence-electron chi connectivity index (χ2n) is 5.44. The quantitative estimate of drug-likeness (QED) is 0.932. The molecule has 3 nitrogen and oxygen atoms in total. The monoisotopic (exact) mass is 327 g/mol. The summed E-state index contributed by atoms with van der Waals surface area (Å²) in [6.45, 7) is 8.80. The molecule has 3 heterocycles. The first-order valence-corrected chi connectivity index (χ1v) is 8.82. The molecular weight excluding hydrogens is 310 g/mol. The van der Waals surface area contributed by atoms with Crippen molar-refractivity contribution in [2.24, 2.45) is 0 Å². The number of aromatic nitrogens is 1. The van der Waals surface area contributed by atoms with Crippen LogP contribution in [0.25, 0.3) is 10.6 Å². The van der Waals surface area contributed by atoms with E-state index in [0.29, 0.717) is 0 Å². The lowest BCUT2D eigenvalue weighted by atomic mass is 10.0. The zero-order valence-corrected chi connectivity index (χ0v) is 14.0. The second-order valence-corrected chi connectivity index (χ2v) is 8.01. The minimum absolute atomic E-state index is 0.00787. The van der Waals surface area contributed by atoms with Crippen LogP contribution in [0, 0.1) is 0 Å². The minimum atomic E-state index is -0.00787. The van der Waals surface area contributed by atoms with E-state index in [4.69, 9.17) is 16.6 Å². The van der Waals surface area contributed by atoms with Gasteiger partial charge in [0.1, 0.15) is 5.01 Å². The van der Waals surface area contributed by atoms with Crippen LogP contribution in [-0.2, 0) is 5.54 Å². The smallest absolute Gasteiger partial charge is 0.113 e. The van der Waals surface area contributed by atoms with E-state index >= 15 is 0 Å². The van der Waals surface area contributed by atoms with Crippen LogP contribution in [0.3, 0.4) is 0 Å². The molecule has 1 fully saturated rings. The predicted octanol–water partition coefficient (Wildman–Crippen LogP) is 3.67. The number of halogens is 1. The van der Waals surface area contributed by atoms with Crippen LogP contribution in [0.5, 0.6) is 0 Å². The average molecular weight is 328 g/mol. The first kappa shape index (κ1) is 14.5. The molecule has 0 amide bonds. The molecule has 20 heavy (non-hydrogen) atoms. The predicted molar refractivity (Wildman–Crippen MR) is 87.9 cm³/mol. The fourth-order valence-corrected chi connectivity index (χ4v) is 4.53. The van der Waals surface area contributed by atoms with Crippen molar-refractivity contribution in [3.8, 4) is 10.6 Å². The highest BCUT2D eigenvalue weighted by Crippen LogP contribution is 2.36. The van der Waals surface area contributed by atoms with Gasteiger partial charge in [-0.2, -0.15) is 0 Å². The Morgan fingerprint density at radius 3 is 2.70 bits per heavy atom. The van der Waals surface area contributed by atoms with E-state index in [9.17, 15) is 0 Å². The van der Waals surface area contributed by atoms with E-state index < -0.39 is 0 Å². The molecule has 2 aromatic rings. The summed E-state index contributed by atoms with van der Waals surface area (Å²) >= 11 is 9.34. The van der Waals surface area contributed by atoms with E-state index in [1.165, 1.54) is 5.01 Å².